The topological polar surface area (TPSA) is 68.2 Å². The number of carbonyl (C=O) groups excluding carboxylic acids is 1. The van der Waals surface area contributed by atoms with E-state index in [9.17, 15) is 4.79 Å². The van der Waals surface area contributed by atoms with Crippen LogP contribution in [0.4, 0.5) is 0 Å². The highest BCUT2D eigenvalue weighted by molar-refractivity contribution is 5.85. The molecular formula is C20H28N4O2. The second kappa shape index (κ2) is 8.36. The molecule has 2 heterocycles. The van der Waals surface area contributed by atoms with Gasteiger partial charge in [-0.2, -0.15) is 5.10 Å². The van der Waals surface area contributed by atoms with Gasteiger partial charge in [0.2, 0.25) is 5.91 Å². The van der Waals surface area contributed by atoms with Crippen molar-refractivity contribution >= 4 is 5.91 Å². The highest BCUT2D eigenvalue weighted by Crippen LogP contribution is 2.28. The molecule has 1 aliphatic rings. The van der Waals surface area contributed by atoms with Crippen LogP contribution in [0.2, 0.25) is 0 Å². The summed E-state index contributed by atoms with van der Waals surface area (Å²) in [5.41, 5.74) is 0.444. The van der Waals surface area contributed by atoms with Gasteiger partial charge in [0.1, 0.15) is 11.3 Å². The molecule has 1 aromatic heterocycles. The van der Waals surface area contributed by atoms with E-state index in [-0.39, 0.29) is 11.9 Å². The third-order valence-electron chi connectivity index (χ3n) is 5.00. The Labute approximate surface area is 154 Å². The number of benzene rings is 1. The molecule has 1 fully saturated rings. The molecule has 0 spiro atoms. The Bertz CT molecular complexity index is 691. The number of piperidine rings is 1. The van der Waals surface area contributed by atoms with Gasteiger partial charge in [0, 0.05) is 12.4 Å². The zero-order valence-electron chi connectivity index (χ0n) is 15.6. The lowest BCUT2D eigenvalue weighted by molar-refractivity contribution is -0.132. The molecule has 140 valence electrons. The summed E-state index contributed by atoms with van der Waals surface area (Å²) in [5.74, 6) is 0.891. The van der Waals surface area contributed by atoms with E-state index in [0.717, 1.165) is 43.7 Å². The Morgan fingerprint density at radius 1 is 1.35 bits per heavy atom. The molecule has 1 aromatic carbocycles. The molecule has 1 aliphatic heterocycles. The monoisotopic (exact) mass is 356 g/mol. The third-order valence-corrected chi connectivity index (χ3v) is 5.00. The standard InChI is InChI=1S/C20H28N4O2/c1-3-15-26-18-7-5-17(6-8-18)16(2)23-19(25)20(9-12-21-13-10-20)24-14-4-11-22-24/h4-8,11,14,16,21H,3,9-10,12-13,15H2,1-2H3,(H,23,25). The first-order valence-corrected chi connectivity index (χ1v) is 9.40. The summed E-state index contributed by atoms with van der Waals surface area (Å²) in [6, 6.07) is 9.74. The molecule has 3 rings (SSSR count). The number of amides is 1. The second-order valence-corrected chi connectivity index (χ2v) is 6.84. The molecular weight excluding hydrogens is 328 g/mol. The van der Waals surface area contributed by atoms with Crippen molar-refractivity contribution in [3.63, 3.8) is 0 Å². The molecule has 2 N–H and O–H groups in total. The third kappa shape index (κ3) is 3.90. The number of hydrogen-bond acceptors (Lipinski definition) is 4. The SMILES string of the molecule is CCCOc1ccc(C(C)NC(=O)C2(n3cccn3)CCNCC2)cc1. The van der Waals surface area contributed by atoms with Crippen molar-refractivity contribution in [2.75, 3.05) is 19.7 Å². The molecule has 2 aromatic rings. The van der Waals surface area contributed by atoms with E-state index in [1.807, 2.05) is 48.1 Å². The fraction of sp³-hybridized carbons (Fsp3) is 0.500. The van der Waals surface area contributed by atoms with E-state index in [1.54, 1.807) is 6.20 Å². The van der Waals surface area contributed by atoms with Crippen molar-refractivity contribution in [2.45, 2.75) is 44.7 Å². The Morgan fingerprint density at radius 2 is 2.08 bits per heavy atom. The number of rotatable bonds is 7. The van der Waals surface area contributed by atoms with Gasteiger partial charge >= 0.3 is 0 Å². The molecule has 0 bridgehead atoms. The molecule has 6 nitrogen and oxygen atoms in total. The van der Waals surface area contributed by atoms with Crippen LogP contribution in [-0.4, -0.2) is 35.4 Å². The Hall–Kier alpha value is -2.34. The zero-order valence-corrected chi connectivity index (χ0v) is 15.6. The van der Waals surface area contributed by atoms with Gasteiger partial charge in [-0.1, -0.05) is 19.1 Å². The van der Waals surface area contributed by atoms with E-state index < -0.39 is 5.54 Å². The summed E-state index contributed by atoms with van der Waals surface area (Å²) in [5, 5.41) is 10.9. The lowest BCUT2D eigenvalue weighted by Gasteiger charge is -2.37. The average Bonchev–Trinajstić information content (AvgIpc) is 3.22. The first-order chi connectivity index (χ1) is 12.7. The van der Waals surface area contributed by atoms with Crippen molar-refractivity contribution in [1.82, 2.24) is 20.4 Å². The maximum atomic E-state index is 13.2. The van der Waals surface area contributed by atoms with Gasteiger partial charge in [-0.05, 0) is 63.0 Å². The molecule has 0 saturated carbocycles. The summed E-state index contributed by atoms with van der Waals surface area (Å²) in [6.07, 6.45) is 6.07. The molecule has 1 atom stereocenters. The lowest BCUT2D eigenvalue weighted by atomic mass is 9.87. The minimum Gasteiger partial charge on any atom is -0.494 e. The smallest absolute Gasteiger partial charge is 0.248 e. The number of nitrogens with one attached hydrogen (secondary N) is 2. The Morgan fingerprint density at radius 3 is 2.69 bits per heavy atom. The number of ether oxygens (including phenoxy) is 1. The minimum absolute atomic E-state index is 0.0292. The summed E-state index contributed by atoms with van der Waals surface area (Å²) >= 11 is 0. The van der Waals surface area contributed by atoms with Crippen LogP contribution in [0.3, 0.4) is 0 Å². The van der Waals surface area contributed by atoms with E-state index in [0.29, 0.717) is 6.61 Å². The normalized spacial score (nSPS) is 17.5. The summed E-state index contributed by atoms with van der Waals surface area (Å²) < 4.78 is 7.44. The molecule has 1 saturated heterocycles. The molecule has 0 aliphatic carbocycles. The van der Waals surface area contributed by atoms with E-state index in [4.69, 9.17) is 4.74 Å². The maximum Gasteiger partial charge on any atom is 0.248 e. The van der Waals surface area contributed by atoms with Gasteiger partial charge in [0.05, 0.1) is 12.6 Å². The van der Waals surface area contributed by atoms with Crippen LogP contribution in [0.5, 0.6) is 5.75 Å². The van der Waals surface area contributed by atoms with E-state index >= 15 is 0 Å². The molecule has 26 heavy (non-hydrogen) atoms. The van der Waals surface area contributed by atoms with E-state index in [1.165, 1.54) is 0 Å². The van der Waals surface area contributed by atoms with E-state index in [2.05, 4.69) is 22.7 Å². The van der Waals surface area contributed by atoms with Gasteiger partial charge in [-0.25, -0.2) is 0 Å². The average molecular weight is 356 g/mol. The van der Waals surface area contributed by atoms with Gasteiger partial charge < -0.3 is 15.4 Å². The van der Waals surface area contributed by atoms with Crippen molar-refractivity contribution < 1.29 is 9.53 Å². The van der Waals surface area contributed by atoms with Crippen molar-refractivity contribution in [2.24, 2.45) is 0 Å². The van der Waals surface area contributed by atoms with Crippen LogP contribution < -0.4 is 15.4 Å². The quantitative estimate of drug-likeness (QED) is 0.800. The largest absolute Gasteiger partial charge is 0.494 e. The first-order valence-electron chi connectivity index (χ1n) is 9.40. The molecule has 6 heteroatoms. The fourth-order valence-corrected chi connectivity index (χ4v) is 3.41. The van der Waals surface area contributed by atoms with Gasteiger partial charge in [-0.3, -0.25) is 9.48 Å². The number of hydrogen-bond donors (Lipinski definition) is 2. The Balaban J connectivity index is 1.71. The predicted octanol–water partition coefficient (Wildman–Crippen LogP) is 2.63. The zero-order chi connectivity index (χ0) is 18.4. The maximum absolute atomic E-state index is 13.2. The minimum atomic E-state index is -0.618. The van der Waals surface area contributed by atoms with Crippen LogP contribution in [0.15, 0.2) is 42.7 Å². The number of aromatic nitrogens is 2. The highest BCUT2D eigenvalue weighted by Gasteiger charge is 2.42. The lowest BCUT2D eigenvalue weighted by Crippen LogP contribution is -2.55. The van der Waals surface area contributed by atoms with Crippen molar-refractivity contribution in [1.29, 1.82) is 0 Å². The van der Waals surface area contributed by atoms with Crippen molar-refractivity contribution in [3.05, 3.63) is 48.3 Å². The highest BCUT2D eigenvalue weighted by atomic mass is 16.5. The Kier molecular flexibility index (Phi) is 5.93. The summed E-state index contributed by atoms with van der Waals surface area (Å²) in [4.78, 5) is 13.2. The van der Waals surface area contributed by atoms with Crippen LogP contribution >= 0.6 is 0 Å². The second-order valence-electron chi connectivity index (χ2n) is 6.84. The fourth-order valence-electron chi connectivity index (χ4n) is 3.41. The number of carbonyl (C=O) groups is 1. The first kappa shape index (κ1) is 18.5. The van der Waals surface area contributed by atoms with Crippen molar-refractivity contribution in [3.8, 4) is 5.75 Å². The molecule has 1 unspecified atom stereocenters. The van der Waals surface area contributed by atoms with Crippen LogP contribution in [-0.2, 0) is 10.3 Å². The van der Waals surface area contributed by atoms with Gasteiger partial charge in [-0.15, -0.1) is 0 Å². The van der Waals surface area contributed by atoms with Crippen LogP contribution in [0.1, 0.15) is 44.7 Å². The van der Waals surface area contributed by atoms with Crippen LogP contribution in [0, 0.1) is 0 Å². The molecule has 1 amide bonds. The molecule has 0 radical (unpaired) electrons. The van der Waals surface area contributed by atoms with Crippen LogP contribution in [0.25, 0.3) is 0 Å². The van der Waals surface area contributed by atoms with Gasteiger partial charge in [0.15, 0.2) is 0 Å². The summed E-state index contributed by atoms with van der Waals surface area (Å²) in [6.45, 7) is 6.43. The number of nitrogens with zero attached hydrogens (tertiary/aromatic N) is 2. The predicted molar refractivity (Wildman–Crippen MR) is 101 cm³/mol. The van der Waals surface area contributed by atoms with Gasteiger partial charge in [0.25, 0.3) is 0 Å². The summed E-state index contributed by atoms with van der Waals surface area (Å²) in [7, 11) is 0.